The van der Waals surface area contributed by atoms with Gasteiger partial charge in [-0.3, -0.25) is 0 Å². The molecule has 2 aromatic rings. The number of hydrogen-bond acceptors (Lipinski definition) is 7. The fraction of sp³-hybridized carbons (Fsp3) is 0.536. The van der Waals surface area contributed by atoms with Crippen molar-refractivity contribution >= 4 is 0 Å². The Morgan fingerprint density at radius 1 is 0.886 bits per heavy atom. The van der Waals surface area contributed by atoms with Crippen molar-refractivity contribution in [3.8, 4) is 29.1 Å². The number of methoxy groups -OCH3 is 4. The van der Waals surface area contributed by atoms with Crippen LogP contribution in [0.2, 0.25) is 0 Å². The zero-order chi connectivity index (χ0) is 26.0. The second-order valence-corrected chi connectivity index (χ2v) is 9.17. The highest BCUT2D eigenvalue weighted by Crippen LogP contribution is 2.43. The SMILES string of the molecule is COc1ccc(CCN(C)CCC(CN)C(C#N)(c2ccc(OC)c(OC)c2)C(C)C)cc1OC. The van der Waals surface area contributed by atoms with Crippen LogP contribution < -0.4 is 24.7 Å². The maximum Gasteiger partial charge on any atom is 0.161 e. The molecule has 2 atom stereocenters. The molecular formula is C28H41N3O4. The third kappa shape index (κ3) is 6.39. The van der Waals surface area contributed by atoms with Crippen LogP contribution in [0.25, 0.3) is 0 Å². The largest absolute Gasteiger partial charge is 0.493 e. The summed E-state index contributed by atoms with van der Waals surface area (Å²) in [4.78, 5) is 2.29. The van der Waals surface area contributed by atoms with Crippen molar-refractivity contribution in [1.29, 1.82) is 5.26 Å². The summed E-state index contributed by atoms with van der Waals surface area (Å²) in [6.07, 6.45) is 1.69. The third-order valence-corrected chi connectivity index (χ3v) is 6.97. The van der Waals surface area contributed by atoms with E-state index in [0.29, 0.717) is 18.0 Å². The maximum absolute atomic E-state index is 10.5. The topological polar surface area (TPSA) is 90.0 Å². The number of benzene rings is 2. The van der Waals surface area contributed by atoms with Crippen molar-refractivity contribution < 1.29 is 18.9 Å². The first kappa shape index (κ1) is 28.3. The Morgan fingerprint density at radius 2 is 1.46 bits per heavy atom. The van der Waals surface area contributed by atoms with Gasteiger partial charge in [0.05, 0.1) is 39.9 Å². The molecule has 0 fully saturated rings. The smallest absolute Gasteiger partial charge is 0.161 e. The fourth-order valence-corrected chi connectivity index (χ4v) is 4.79. The average Bonchev–Trinajstić information content (AvgIpc) is 2.88. The summed E-state index contributed by atoms with van der Waals surface area (Å²) in [5, 5.41) is 10.5. The molecule has 0 spiro atoms. The first-order valence-electron chi connectivity index (χ1n) is 12.0. The standard InChI is InChI=1S/C28H41N3O4/c1-20(2)28(19-30,22-9-11-25(33-5)27(17-22)35-7)23(18-29)13-15-31(3)14-12-21-8-10-24(32-4)26(16-21)34-6/h8-11,16-17,20,23H,12-15,18,29H2,1-7H3. The van der Waals surface area contributed by atoms with Gasteiger partial charge in [-0.2, -0.15) is 5.26 Å². The second kappa shape index (κ2) is 13.2. The number of nitrogens with zero attached hydrogens (tertiary/aromatic N) is 2. The summed E-state index contributed by atoms with van der Waals surface area (Å²) in [6, 6.07) is 14.4. The molecule has 0 aliphatic heterocycles. The highest BCUT2D eigenvalue weighted by atomic mass is 16.5. The van der Waals surface area contributed by atoms with Gasteiger partial charge >= 0.3 is 0 Å². The number of likely N-dealkylation sites (N-methyl/N-ethyl adjacent to an activating group) is 1. The molecule has 192 valence electrons. The molecule has 2 aromatic carbocycles. The maximum atomic E-state index is 10.5. The van der Waals surface area contributed by atoms with Crippen LogP contribution >= 0.6 is 0 Å². The lowest BCUT2D eigenvalue weighted by atomic mass is 9.63. The minimum Gasteiger partial charge on any atom is -0.493 e. The zero-order valence-corrected chi connectivity index (χ0v) is 22.3. The summed E-state index contributed by atoms with van der Waals surface area (Å²) >= 11 is 0. The molecule has 0 amide bonds. The van der Waals surface area contributed by atoms with Crippen molar-refractivity contribution in [2.45, 2.75) is 32.1 Å². The highest BCUT2D eigenvalue weighted by Gasteiger charge is 2.43. The van der Waals surface area contributed by atoms with E-state index in [1.165, 1.54) is 5.56 Å². The van der Waals surface area contributed by atoms with Gasteiger partial charge in [-0.05, 0) is 80.2 Å². The molecule has 2 N–H and O–H groups in total. The van der Waals surface area contributed by atoms with Crippen LogP contribution in [0.1, 0.15) is 31.4 Å². The lowest BCUT2D eigenvalue weighted by molar-refractivity contribution is 0.217. The van der Waals surface area contributed by atoms with Crippen LogP contribution in [0.5, 0.6) is 23.0 Å². The molecule has 7 heteroatoms. The van der Waals surface area contributed by atoms with E-state index in [0.717, 1.165) is 43.0 Å². The molecule has 2 unspecified atom stereocenters. The van der Waals surface area contributed by atoms with E-state index in [1.807, 2.05) is 30.3 Å². The number of ether oxygens (including phenoxy) is 4. The molecule has 0 bridgehead atoms. The van der Waals surface area contributed by atoms with Crippen LogP contribution in [0.15, 0.2) is 36.4 Å². The minimum absolute atomic E-state index is 0.0193. The molecule has 0 aliphatic rings. The molecule has 7 nitrogen and oxygen atoms in total. The Hall–Kier alpha value is -2.95. The molecule has 0 aromatic heterocycles. The van der Waals surface area contributed by atoms with Crippen LogP contribution in [-0.4, -0.2) is 60.0 Å². The van der Waals surface area contributed by atoms with Gasteiger partial charge in [0.25, 0.3) is 0 Å². The summed E-state index contributed by atoms with van der Waals surface area (Å²) in [7, 11) is 8.61. The van der Waals surface area contributed by atoms with Gasteiger partial charge in [-0.1, -0.05) is 26.0 Å². The first-order chi connectivity index (χ1) is 16.8. The molecule has 0 saturated carbocycles. The Bertz CT molecular complexity index is 989. The van der Waals surface area contributed by atoms with Crippen molar-refractivity contribution in [2.24, 2.45) is 17.6 Å². The van der Waals surface area contributed by atoms with Crippen molar-refractivity contribution in [1.82, 2.24) is 4.90 Å². The molecule has 0 radical (unpaired) electrons. The molecule has 0 heterocycles. The minimum atomic E-state index is -0.738. The van der Waals surface area contributed by atoms with E-state index in [4.69, 9.17) is 24.7 Å². The van der Waals surface area contributed by atoms with Crippen LogP contribution in [0.4, 0.5) is 0 Å². The van der Waals surface area contributed by atoms with E-state index >= 15 is 0 Å². The predicted octanol–water partition coefficient (Wildman–Crippen LogP) is 4.28. The second-order valence-electron chi connectivity index (χ2n) is 9.17. The first-order valence-corrected chi connectivity index (χ1v) is 12.0. The zero-order valence-electron chi connectivity index (χ0n) is 22.3. The molecule has 35 heavy (non-hydrogen) atoms. The van der Waals surface area contributed by atoms with Gasteiger partial charge in [0.1, 0.15) is 0 Å². The molecule has 0 aliphatic carbocycles. The normalized spacial score (nSPS) is 13.7. The number of rotatable bonds is 14. The monoisotopic (exact) mass is 483 g/mol. The summed E-state index contributed by atoms with van der Waals surface area (Å²) in [5.74, 6) is 2.78. The van der Waals surface area contributed by atoms with Crippen LogP contribution in [0.3, 0.4) is 0 Å². The highest BCUT2D eigenvalue weighted by molar-refractivity contribution is 5.48. The van der Waals surface area contributed by atoms with Crippen molar-refractivity contribution in [3.05, 3.63) is 47.5 Å². The number of nitriles is 1. The van der Waals surface area contributed by atoms with Crippen molar-refractivity contribution in [3.63, 3.8) is 0 Å². The van der Waals surface area contributed by atoms with Crippen LogP contribution in [0, 0.1) is 23.2 Å². The summed E-state index contributed by atoms with van der Waals surface area (Å²) in [5.41, 5.74) is 7.65. The number of nitrogens with two attached hydrogens (primary N) is 1. The van der Waals surface area contributed by atoms with E-state index in [2.05, 4.69) is 37.9 Å². The fourth-order valence-electron chi connectivity index (χ4n) is 4.79. The third-order valence-electron chi connectivity index (χ3n) is 6.97. The molecule has 0 saturated heterocycles. The molecular weight excluding hydrogens is 442 g/mol. The Balaban J connectivity index is 2.16. The molecule has 2 rings (SSSR count). The van der Waals surface area contributed by atoms with Gasteiger partial charge in [0.2, 0.25) is 0 Å². The van der Waals surface area contributed by atoms with E-state index < -0.39 is 5.41 Å². The van der Waals surface area contributed by atoms with Gasteiger partial charge in [-0.25, -0.2) is 0 Å². The van der Waals surface area contributed by atoms with E-state index in [9.17, 15) is 5.26 Å². The average molecular weight is 484 g/mol. The van der Waals surface area contributed by atoms with Gasteiger partial charge in [0.15, 0.2) is 23.0 Å². The lowest BCUT2D eigenvalue weighted by Gasteiger charge is -2.39. The number of hydrogen-bond donors (Lipinski definition) is 1. The lowest BCUT2D eigenvalue weighted by Crippen LogP contribution is -2.44. The van der Waals surface area contributed by atoms with E-state index in [1.54, 1.807) is 28.4 Å². The van der Waals surface area contributed by atoms with Crippen LogP contribution in [-0.2, 0) is 11.8 Å². The quantitative estimate of drug-likeness (QED) is 0.429. The Morgan fingerprint density at radius 3 is 1.97 bits per heavy atom. The summed E-state index contributed by atoms with van der Waals surface area (Å²) < 4.78 is 21.7. The van der Waals surface area contributed by atoms with Gasteiger partial charge < -0.3 is 29.6 Å². The predicted molar refractivity (Wildman–Crippen MR) is 140 cm³/mol. The van der Waals surface area contributed by atoms with Gasteiger partial charge in [0, 0.05) is 6.54 Å². The summed E-state index contributed by atoms with van der Waals surface area (Å²) in [6.45, 7) is 6.30. The Kier molecular flexibility index (Phi) is 10.7. The Labute approximate surface area is 210 Å². The van der Waals surface area contributed by atoms with Crippen molar-refractivity contribution in [2.75, 3.05) is 55.1 Å². The van der Waals surface area contributed by atoms with Gasteiger partial charge in [-0.15, -0.1) is 0 Å². The van der Waals surface area contributed by atoms with E-state index in [-0.39, 0.29) is 11.8 Å².